The average molecular weight is 396 g/mol. The van der Waals surface area contributed by atoms with Crippen molar-refractivity contribution in [1.29, 1.82) is 0 Å². The van der Waals surface area contributed by atoms with Gasteiger partial charge in [-0.15, -0.1) is 12.4 Å². The van der Waals surface area contributed by atoms with Gasteiger partial charge in [-0.3, -0.25) is 9.59 Å². The van der Waals surface area contributed by atoms with Gasteiger partial charge in [-0.1, -0.05) is 30.3 Å². The maximum Gasteiger partial charge on any atom is 0.240 e. The van der Waals surface area contributed by atoms with Gasteiger partial charge in [0.15, 0.2) is 0 Å². The molecule has 0 radical (unpaired) electrons. The van der Waals surface area contributed by atoms with Crippen LogP contribution in [0.5, 0.6) is 0 Å². The summed E-state index contributed by atoms with van der Waals surface area (Å²) in [6.45, 7) is 3.33. The molecule has 2 aliphatic heterocycles. The number of amides is 2. The SMILES string of the molecule is Cl.O=C(CC1NCCN(CCCc2ccccc2)C1=O)N1CCC(O)CC1. The lowest BCUT2D eigenvalue weighted by Gasteiger charge is -2.35. The zero-order chi connectivity index (χ0) is 18.4. The van der Waals surface area contributed by atoms with Crippen molar-refractivity contribution in [3.8, 4) is 0 Å². The molecule has 2 fully saturated rings. The standard InChI is InChI=1S/C20H29N3O3.ClH/c24-17-8-12-22(13-9-17)19(25)15-18-20(26)23(14-10-21-18)11-4-7-16-5-2-1-3-6-16;/h1-3,5-6,17-18,21,24H,4,7-15H2;1H. The summed E-state index contributed by atoms with van der Waals surface area (Å²) in [6, 6.07) is 9.88. The van der Waals surface area contributed by atoms with Crippen LogP contribution in [0.15, 0.2) is 30.3 Å². The Morgan fingerprint density at radius 2 is 1.85 bits per heavy atom. The Morgan fingerprint density at radius 3 is 2.56 bits per heavy atom. The Labute approximate surface area is 167 Å². The lowest BCUT2D eigenvalue weighted by Crippen LogP contribution is -2.56. The summed E-state index contributed by atoms with van der Waals surface area (Å²) < 4.78 is 0. The van der Waals surface area contributed by atoms with Crippen LogP contribution in [0.1, 0.15) is 31.2 Å². The molecule has 27 heavy (non-hydrogen) atoms. The maximum absolute atomic E-state index is 12.7. The van der Waals surface area contributed by atoms with Gasteiger partial charge in [-0.05, 0) is 31.2 Å². The number of carbonyl (C=O) groups excluding carboxylic acids is 2. The summed E-state index contributed by atoms with van der Waals surface area (Å²) >= 11 is 0. The summed E-state index contributed by atoms with van der Waals surface area (Å²) in [4.78, 5) is 28.8. The zero-order valence-electron chi connectivity index (χ0n) is 15.7. The number of aliphatic hydroxyl groups excluding tert-OH is 1. The summed E-state index contributed by atoms with van der Waals surface area (Å²) in [6.07, 6.45) is 3.06. The number of hydrogen-bond acceptors (Lipinski definition) is 4. The maximum atomic E-state index is 12.7. The summed E-state index contributed by atoms with van der Waals surface area (Å²) in [5.74, 6) is 0.0450. The third-order valence-electron chi connectivity index (χ3n) is 5.31. The van der Waals surface area contributed by atoms with E-state index in [-0.39, 0.29) is 36.7 Å². The smallest absolute Gasteiger partial charge is 0.240 e. The van der Waals surface area contributed by atoms with Crippen LogP contribution in [-0.4, -0.2) is 71.6 Å². The number of halogens is 1. The number of aliphatic hydroxyl groups is 1. The van der Waals surface area contributed by atoms with Crippen LogP contribution in [0.3, 0.4) is 0 Å². The van der Waals surface area contributed by atoms with Crippen LogP contribution < -0.4 is 5.32 Å². The third-order valence-corrected chi connectivity index (χ3v) is 5.31. The molecule has 1 aromatic carbocycles. The molecule has 1 unspecified atom stereocenters. The molecule has 3 rings (SSSR count). The van der Waals surface area contributed by atoms with E-state index in [9.17, 15) is 14.7 Å². The number of aryl methyl sites for hydroxylation is 1. The van der Waals surface area contributed by atoms with Crippen molar-refractivity contribution < 1.29 is 14.7 Å². The zero-order valence-corrected chi connectivity index (χ0v) is 16.5. The first kappa shape index (κ1) is 21.7. The van der Waals surface area contributed by atoms with Crippen molar-refractivity contribution in [2.24, 2.45) is 0 Å². The number of benzene rings is 1. The van der Waals surface area contributed by atoms with Gasteiger partial charge in [-0.25, -0.2) is 0 Å². The Morgan fingerprint density at radius 1 is 1.15 bits per heavy atom. The van der Waals surface area contributed by atoms with Gasteiger partial charge >= 0.3 is 0 Å². The Bertz CT molecular complexity index is 606. The molecule has 0 spiro atoms. The highest BCUT2D eigenvalue weighted by Gasteiger charge is 2.32. The highest BCUT2D eigenvalue weighted by molar-refractivity contribution is 5.89. The minimum absolute atomic E-state index is 0. The van der Waals surface area contributed by atoms with Crippen molar-refractivity contribution in [3.63, 3.8) is 0 Å². The molecule has 1 aromatic rings. The second-order valence-electron chi connectivity index (χ2n) is 7.24. The molecule has 0 aliphatic carbocycles. The fraction of sp³-hybridized carbons (Fsp3) is 0.600. The van der Waals surface area contributed by atoms with Gasteiger partial charge in [0, 0.05) is 32.7 Å². The van der Waals surface area contributed by atoms with Crippen molar-refractivity contribution in [3.05, 3.63) is 35.9 Å². The topological polar surface area (TPSA) is 72.9 Å². The molecule has 2 heterocycles. The van der Waals surface area contributed by atoms with Crippen LogP contribution in [0, 0.1) is 0 Å². The van der Waals surface area contributed by atoms with Crippen LogP contribution in [0.25, 0.3) is 0 Å². The fourth-order valence-corrected chi connectivity index (χ4v) is 3.71. The second kappa shape index (κ2) is 10.6. The minimum Gasteiger partial charge on any atom is -0.393 e. The van der Waals surface area contributed by atoms with Crippen molar-refractivity contribution in [2.45, 2.75) is 44.2 Å². The Balaban J connectivity index is 0.00000261. The quantitative estimate of drug-likeness (QED) is 0.759. The van der Waals surface area contributed by atoms with Crippen LogP contribution in [-0.2, 0) is 16.0 Å². The van der Waals surface area contributed by atoms with Gasteiger partial charge in [0.1, 0.15) is 0 Å². The first-order valence-electron chi connectivity index (χ1n) is 9.65. The molecular weight excluding hydrogens is 366 g/mol. The van der Waals surface area contributed by atoms with Gasteiger partial charge in [-0.2, -0.15) is 0 Å². The Hall–Kier alpha value is -1.63. The van der Waals surface area contributed by atoms with Gasteiger partial charge < -0.3 is 20.2 Å². The Kier molecular flexibility index (Phi) is 8.54. The molecule has 1 atom stereocenters. The summed E-state index contributed by atoms with van der Waals surface area (Å²) in [5, 5.41) is 12.8. The van der Waals surface area contributed by atoms with Crippen molar-refractivity contribution in [2.75, 3.05) is 32.7 Å². The molecule has 2 N–H and O–H groups in total. The van der Waals surface area contributed by atoms with Crippen LogP contribution >= 0.6 is 12.4 Å². The van der Waals surface area contributed by atoms with E-state index < -0.39 is 6.04 Å². The molecule has 6 nitrogen and oxygen atoms in total. The van der Waals surface area contributed by atoms with E-state index in [1.165, 1.54) is 5.56 Å². The number of carbonyl (C=O) groups is 2. The number of nitrogens with one attached hydrogen (secondary N) is 1. The van der Waals surface area contributed by atoms with E-state index in [1.54, 1.807) is 4.90 Å². The molecule has 150 valence electrons. The van der Waals surface area contributed by atoms with E-state index in [0.29, 0.717) is 32.5 Å². The second-order valence-corrected chi connectivity index (χ2v) is 7.24. The lowest BCUT2D eigenvalue weighted by atomic mass is 10.0. The van der Waals surface area contributed by atoms with E-state index in [1.807, 2.05) is 23.1 Å². The first-order chi connectivity index (χ1) is 12.6. The van der Waals surface area contributed by atoms with Crippen molar-refractivity contribution in [1.82, 2.24) is 15.1 Å². The molecule has 0 bridgehead atoms. The third kappa shape index (κ3) is 6.19. The monoisotopic (exact) mass is 395 g/mol. The number of piperidine rings is 1. The fourth-order valence-electron chi connectivity index (χ4n) is 3.71. The summed E-state index contributed by atoms with van der Waals surface area (Å²) in [5.41, 5.74) is 1.29. The predicted molar refractivity (Wildman–Crippen MR) is 107 cm³/mol. The predicted octanol–water partition coefficient (Wildman–Crippen LogP) is 1.21. The number of rotatable bonds is 6. The highest BCUT2D eigenvalue weighted by Crippen LogP contribution is 2.14. The molecule has 2 amide bonds. The average Bonchev–Trinajstić information content (AvgIpc) is 2.66. The van der Waals surface area contributed by atoms with E-state index in [4.69, 9.17) is 0 Å². The molecule has 2 aliphatic rings. The van der Waals surface area contributed by atoms with Gasteiger partial charge in [0.2, 0.25) is 11.8 Å². The first-order valence-corrected chi connectivity index (χ1v) is 9.65. The van der Waals surface area contributed by atoms with E-state index in [2.05, 4.69) is 17.4 Å². The minimum atomic E-state index is -0.417. The number of nitrogens with zero attached hydrogens (tertiary/aromatic N) is 2. The molecule has 2 saturated heterocycles. The molecular formula is C20H30ClN3O3. The highest BCUT2D eigenvalue weighted by atomic mass is 35.5. The van der Waals surface area contributed by atoms with Crippen LogP contribution in [0.4, 0.5) is 0 Å². The normalized spacial score (nSPS) is 21.1. The largest absolute Gasteiger partial charge is 0.393 e. The van der Waals surface area contributed by atoms with E-state index in [0.717, 1.165) is 25.9 Å². The van der Waals surface area contributed by atoms with Gasteiger partial charge in [0.25, 0.3) is 0 Å². The molecule has 7 heteroatoms. The van der Waals surface area contributed by atoms with E-state index >= 15 is 0 Å². The number of hydrogen-bond donors (Lipinski definition) is 2. The molecule has 0 saturated carbocycles. The number of piperazine rings is 1. The number of likely N-dealkylation sites (tertiary alicyclic amines) is 1. The van der Waals surface area contributed by atoms with Gasteiger partial charge in [0.05, 0.1) is 18.6 Å². The molecule has 0 aromatic heterocycles. The summed E-state index contributed by atoms with van der Waals surface area (Å²) in [7, 11) is 0. The van der Waals surface area contributed by atoms with Crippen LogP contribution in [0.2, 0.25) is 0 Å². The van der Waals surface area contributed by atoms with Crippen molar-refractivity contribution >= 4 is 24.2 Å². The lowest BCUT2D eigenvalue weighted by molar-refractivity contribution is -0.141.